The van der Waals surface area contributed by atoms with Crippen LogP contribution in [-0.4, -0.2) is 54.8 Å². The number of hydrogen-bond acceptors (Lipinski definition) is 5. The first kappa shape index (κ1) is 23.6. The summed E-state index contributed by atoms with van der Waals surface area (Å²) >= 11 is 0. The molecule has 0 saturated carbocycles. The van der Waals surface area contributed by atoms with Crippen molar-refractivity contribution >= 4 is 12.0 Å². The quantitative estimate of drug-likeness (QED) is 0.712. The van der Waals surface area contributed by atoms with E-state index in [2.05, 4.69) is 5.32 Å². The fourth-order valence-electron chi connectivity index (χ4n) is 3.35. The Bertz CT molecular complexity index is 871. The number of hydrogen-bond donors (Lipinski definition) is 1. The van der Waals surface area contributed by atoms with E-state index in [1.807, 2.05) is 54.6 Å². The molecule has 32 heavy (non-hydrogen) atoms. The molecule has 1 heterocycles. The molecule has 2 aromatic rings. The highest BCUT2D eigenvalue weighted by Crippen LogP contribution is 2.17. The molecule has 0 aliphatic carbocycles. The number of benzene rings is 2. The summed E-state index contributed by atoms with van der Waals surface area (Å²) in [6, 6.07) is 16.8. The molecule has 7 nitrogen and oxygen atoms in total. The van der Waals surface area contributed by atoms with Crippen molar-refractivity contribution in [1.29, 1.82) is 0 Å². The van der Waals surface area contributed by atoms with Crippen LogP contribution in [0.2, 0.25) is 0 Å². The van der Waals surface area contributed by atoms with Gasteiger partial charge in [0.25, 0.3) is 0 Å². The van der Waals surface area contributed by atoms with Crippen molar-refractivity contribution in [1.82, 2.24) is 10.2 Å². The number of nitrogens with one attached hydrogen (secondary N) is 1. The average Bonchev–Trinajstić information content (AvgIpc) is 2.78. The van der Waals surface area contributed by atoms with Crippen molar-refractivity contribution in [2.45, 2.75) is 45.4 Å². The zero-order chi connectivity index (χ0) is 23.0. The maximum Gasteiger partial charge on any atom is 0.408 e. The zero-order valence-electron chi connectivity index (χ0n) is 19.0. The molecule has 0 spiro atoms. The highest BCUT2D eigenvalue weighted by atomic mass is 16.6. The Hall–Kier alpha value is -3.06. The highest BCUT2D eigenvalue weighted by molar-refractivity contribution is 5.86. The topological polar surface area (TPSA) is 77.1 Å². The maximum absolute atomic E-state index is 13.1. The van der Waals surface area contributed by atoms with Gasteiger partial charge in [0.2, 0.25) is 5.91 Å². The number of carbonyl (C=O) groups excluding carboxylic acids is 2. The molecule has 2 aromatic carbocycles. The fraction of sp³-hybridized carbons (Fsp3) is 0.440. The van der Waals surface area contributed by atoms with Gasteiger partial charge in [-0.1, -0.05) is 42.5 Å². The van der Waals surface area contributed by atoms with Crippen LogP contribution in [0.1, 0.15) is 31.9 Å². The van der Waals surface area contributed by atoms with Crippen LogP contribution in [-0.2, 0) is 27.3 Å². The molecule has 0 aromatic heterocycles. The average molecular weight is 441 g/mol. The monoisotopic (exact) mass is 440 g/mol. The van der Waals surface area contributed by atoms with E-state index in [1.165, 1.54) is 0 Å². The maximum atomic E-state index is 13.1. The summed E-state index contributed by atoms with van der Waals surface area (Å²) < 4.78 is 16.5. The molecular weight excluding hydrogens is 408 g/mol. The summed E-state index contributed by atoms with van der Waals surface area (Å²) in [5.74, 6) is 0.609. The molecule has 0 radical (unpaired) electrons. The molecule has 1 fully saturated rings. The van der Waals surface area contributed by atoms with E-state index in [4.69, 9.17) is 14.2 Å². The van der Waals surface area contributed by atoms with Crippen molar-refractivity contribution in [3.05, 3.63) is 65.7 Å². The first-order valence-electron chi connectivity index (χ1n) is 10.9. The van der Waals surface area contributed by atoms with Gasteiger partial charge in [-0.3, -0.25) is 4.79 Å². The van der Waals surface area contributed by atoms with Gasteiger partial charge in [0.05, 0.1) is 13.2 Å². The van der Waals surface area contributed by atoms with Gasteiger partial charge >= 0.3 is 6.09 Å². The second kappa shape index (κ2) is 11.0. The van der Waals surface area contributed by atoms with Gasteiger partial charge in [0.1, 0.15) is 24.0 Å². The minimum Gasteiger partial charge on any atom is -0.489 e. The molecule has 172 valence electrons. The predicted molar refractivity (Wildman–Crippen MR) is 121 cm³/mol. The van der Waals surface area contributed by atoms with Crippen LogP contribution in [0.3, 0.4) is 0 Å². The standard InChI is InChI=1S/C25H32N2O5/c1-25(2,3)32-24(29)26-22(23(28)27-13-15-30-16-14-27)17-19-9-11-21(12-10-19)31-18-20-7-5-4-6-8-20/h4-12,22H,13-18H2,1-3H3,(H,26,29). The molecule has 3 rings (SSSR count). The highest BCUT2D eigenvalue weighted by Gasteiger charge is 2.29. The normalized spacial score (nSPS) is 15.0. The van der Waals surface area contributed by atoms with Gasteiger partial charge in [-0.2, -0.15) is 0 Å². The van der Waals surface area contributed by atoms with E-state index in [-0.39, 0.29) is 5.91 Å². The number of morpholine rings is 1. The molecule has 7 heteroatoms. The van der Waals surface area contributed by atoms with E-state index in [0.717, 1.165) is 16.9 Å². The lowest BCUT2D eigenvalue weighted by Gasteiger charge is -2.31. The fourth-order valence-corrected chi connectivity index (χ4v) is 3.35. The number of amides is 2. The second-order valence-electron chi connectivity index (χ2n) is 8.76. The van der Waals surface area contributed by atoms with Crippen LogP contribution in [0, 0.1) is 0 Å². The number of ether oxygens (including phenoxy) is 3. The van der Waals surface area contributed by atoms with Crippen LogP contribution in [0.15, 0.2) is 54.6 Å². The van der Waals surface area contributed by atoms with Gasteiger partial charge in [0, 0.05) is 19.5 Å². The van der Waals surface area contributed by atoms with Crippen LogP contribution in [0.5, 0.6) is 5.75 Å². The summed E-state index contributed by atoms with van der Waals surface area (Å²) in [5.41, 5.74) is 1.36. The van der Waals surface area contributed by atoms with E-state index in [9.17, 15) is 9.59 Å². The van der Waals surface area contributed by atoms with Crippen molar-refractivity contribution in [3.63, 3.8) is 0 Å². The van der Waals surface area contributed by atoms with Crippen molar-refractivity contribution in [3.8, 4) is 5.75 Å². The molecule has 1 unspecified atom stereocenters. The predicted octanol–water partition coefficient (Wildman–Crippen LogP) is 3.56. The first-order valence-corrected chi connectivity index (χ1v) is 10.9. The smallest absolute Gasteiger partial charge is 0.408 e. The Balaban J connectivity index is 1.64. The summed E-state index contributed by atoms with van der Waals surface area (Å²) in [7, 11) is 0. The summed E-state index contributed by atoms with van der Waals surface area (Å²) in [5, 5.41) is 2.76. The molecule has 1 N–H and O–H groups in total. The minimum absolute atomic E-state index is 0.136. The summed E-state index contributed by atoms with van der Waals surface area (Å²) in [6.45, 7) is 7.88. The third kappa shape index (κ3) is 7.57. The van der Waals surface area contributed by atoms with Gasteiger partial charge in [0.15, 0.2) is 0 Å². The third-order valence-electron chi connectivity index (χ3n) is 4.92. The van der Waals surface area contributed by atoms with Crippen LogP contribution >= 0.6 is 0 Å². The number of nitrogens with zero attached hydrogens (tertiary/aromatic N) is 1. The zero-order valence-corrected chi connectivity index (χ0v) is 19.0. The lowest BCUT2D eigenvalue weighted by atomic mass is 10.0. The van der Waals surface area contributed by atoms with E-state index in [1.54, 1.807) is 25.7 Å². The Kier molecular flexibility index (Phi) is 8.11. The Morgan fingerprint density at radius 1 is 1.00 bits per heavy atom. The molecule has 1 aliphatic rings. The van der Waals surface area contributed by atoms with Gasteiger partial charge in [-0.15, -0.1) is 0 Å². The lowest BCUT2D eigenvalue weighted by molar-refractivity contribution is -0.137. The first-order chi connectivity index (χ1) is 15.3. The molecular formula is C25H32N2O5. The van der Waals surface area contributed by atoms with Crippen molar-refractivity contribution in [2.75, 3.05) is 26.3 Å². The number of carbonyl (C=O) groups is 2. The Morgan fingerprint density at radius 2 is 1.66 bits per heavy atom. The van der Waals surface area contributed by atoms with Crippen molar-refractivity contribution < 1.29 is 23.8 Å². The second-order valence-corrected chi connectivity index (χ2v) is 8.76. The van der Waals surface area contributed by atoms with Crippen molar-refractivity contribution in [2.24, 2.45) is 0 Å². The van der Waals surface area contributed by atoms with E-state index >= 15 is 0 Å². The lowest BCUT2D eigenvalue weighted by Crippen LogP contribution is -2.53. The summed E-state index contributed by atoms with van der Waals surface area (Å²) in [6.07, 6.45) is -0.249. The van der Waals surface area contributed by atoms with E-state index in [0.29, 0.717) is 39.3 Å². The third-order valence-corrected chi connectivity index (χ3v) is 4.92. The molecule has 1 saturated heterocycles. The molecule has 0 bridgehead atoms. The molecule has 1 aliphatic heterocycles. The largest absolute Gasteiger partial charge is 0.489 e. The Morgan fingerprint density at radius 3 is 2.28 bits per heavy atom. The van der Waals surface area contributed by atoms with Gasteiger partial charge in [-0.25, -0.2) is 4.79 Å². The van der Waals surface area contributed by atoms with Crippen LogP contribution in [0.25, 0.3) is 0 Å². The minimum atomic E-state index is -0.723. The molecule has 2 amide bonds. The molecule has 1 atom stereocenters. The van der Waals surface area contributed by atoms with Gasteiger partial charge < -0.3 is 24.4 Å². The number of alkyl carbamates (subject to hydrolysis) is 1. The number of rotatable bonds is 7. The SMILES string of the molecule is CC(C)(C)OC(=O)NC(Cc1ccc(OCc2ccccc2)cc1)C(=O)N1CCOCC1. The Labute approximate surface area is 189 Å². The van der Waals surface area contributed by atoms with Crippen LogP contribution in [0.4, 0.5) is 4.79 Å². The van der Waals surface area contributed by atoms with Crippen LogP contribution < -0.4 is 10.1 Å². The van der Waals surface area contributed by atoms with E-state index < -0.39 is 17.7 Å². The van der Waals surface area contributed by atoms with Gasteiger partial charge in [-0.05, 0) is 44.0 Å². The summed E-state index contributed by atoms with van der Waals surface area (Å²) in [4.78, 5) is 27.2.